The van der Waals surface area contributed by atoms with Crippen LogP contribution in [0.15, 0.2) is 42.6 Å². The van der Waals surface area contributed by atoms with Crippen LogP contribution in [0.5, 0.6) is 0 Å². The predicted octanol–water partition coefficient (Wildman–Crippen LogP) is 3.79. The van der Waals surface area contributed by atoms with Crippen LogP contribution >= 0.6 is 0 Å². The summed E-state index contributed by atoms with van der Waals surface area (Å²) in [4.78, 5) is 16.2. The average Bonchev–Trinajstić information content (AvgIpc) is 2.54. The third-order valence-corrected chi connectivity index (χ3v) is 3.08. The van der Waals surface area contributed by atoms with Crippen molar-refractivity contribution in [2.75, 3.05) is 11.9 Å². The molecule has 0 aliphatic heterocycles. The SMILES string of the molecule is CCCCOCc1ccc(C(=O)Nc2ccc(F)cc2)cn1. The second kappa shape index (κ2) is 8.24. The maximum Gasteiger partial charge on any atom is 0.257 e. The number of carbonyl (C=O) groups is 1. The highest BCUT2D eigenvalue weighted by atomic mass is 19.1. The number of rotatable bonds is 7. The molecule has 0 aliphatic rings. The number of benzene rings is 1. The van der Waals surface area contributed by atoms with Crippen molar-refractivity contribution in [1.29, 1.82) is 0 Å². The van der Waals surface area contributed by atoms with Gasteiger partial charge in [0, 0.05) is 18.5 Å². The lowest BCUT2D eigenvalue weighted by Gasteiger charge is -2.06. The first-order chi connectivity index (χ1) is 10.7. The Labute approximate surface area is 129 Å². The summed E-state index contributed by atoms with van der Waals surface area (Å²) in [5.41, 5.74) is 1.77. The highest BCUT2D eigenvalue weighted by Crippen LogP contribution is 2.10. The van der Waals surface area contributed by atoms with E-state index in [0.717, 1.165) is 18.5 Å². The van der Waals surface area contributed by atoms with Crippen LogP contribution in [-0.2, 0) is 11.3 Å². The van der Waals surface area contributed by atoms with Crippen LogP contribution in [0.1, 0.15) is 35.8 Å². The van der Waals surface area contributed by atoms with E-state index in [4.69, 9.17) is 4.74 Å². The summed E-state index contributed by atoms with van der Waals surface area (Å²) in [5.74, 6) is -0.621. The van der Waals surface area contributed by atoms with Crippen molar-refractivity contribution in [2.45, 2.75) is 26.4 Å². The Morgan fingerprint density at radius 1 is 1.23 bits per heavy atom. The van der Waals surface area contributed by atoms with Crippen LogP contribution in [0.3, 0.4) is 0 Å². The van der Waals surface area contributed by atoms with E-state index in [1.165, 1.54) is 30.5 Å². The minimum atomic E-state index is -0.341. The minimum absolute atomic E-state index is 0.280. The molecule has 0 atom stereocenters. The number of nitrogens with one attached hydrogen (secondary N) is 1. The number of halogens is 1. The lowest BCUT2D eigenvalue weighted by Crippen LogP contribution is -2.12. The zero-order chi connectivity index (χ0) is 15.8. The standard InChI is InChI=1S/C17H19FN2O2/c1-2-3-10-22-12-16-7-4-13(11-19-16)17(21)20-15-8-5-14(18)6-9-15/h4-9,11H,2-3,10,12H2,1H3,(H,20,21). The molecule has 1 N–H and O–H groups in total. The molecule has 0 bridgehead atoms. The Balaban J connectivity index is 1.89. The maximum absolute atomic E-state index is 12.8. The van der Waals surface area contributed by atoms with Gasteiger partial charge in [-0.25, -0.2) is 4.39 Å². The van der Waals surface area contributed by atoms with Crippen molar-refractivity contribution in [1.82, 2.24) is 4.98 Å². The van der Waals surface area contributed by atoms with Gasteiger partial charge in [0.15, 0.2) is 0 Å². The van der Waals surface area contributed by atoms with E-state index < -0.39 is 0 Å². The molecule has 1 amide bonds. The fourth-order valence-corrected chi connectivity index (χ4v) is 1.80. The van der Waals surface area contributed by atoms with E-state index in [2.05, 4.69) is 17.2 Å². The Hall–Kier alpha value is -2.27. The molecule has 0 spiro atoms. The third kappa shape index (κ3) is 4.93. The number of carbonyl (C=O) groups excluding carboxylic acids is 1. The van der Waals surface area contributed by atoms with E-state index >= 15 is 0 Å². The van der Waals surface area contributed by atoms with Crippen molar-refractivity contribution in [3.63, 3.8) is 0 Å². The molecule has 0 radical (unpaired) electrons. The van der Waals surface area contributed by atoms with Crippen LogP contribution in [-0.4, -0.2) is 17.5 Å². The van der Waals surface area contributed by atoms with Crippen LogP contribution in [0.2, 0.25) is 0 Å². The molecule has 5 heteroatoms. The van der Waals surface area contributed by atoms with Crippen molar-refractivity contribution >= 4 is 11.6 Å². The summed E-state index contributed by atoms with van der Waals surface area (Å²) < 4.78 is 18.3. The molecule has 116 valence electrons. The van der Waals surface area contributed by atoms with Gasteiger partial charge in [0.1, 0.15) is 5.82 Å². The van der Waals surface area contributed by atoms with Crippen molar-refractivity contribution in [3.8, 4) is 0 Å². The summed E-state index contributed by atoms with van der Waals surface area (Å²) in [5, 5.41) is 2.69. The van der Waals surface area contributed by atoms with Gasteiger partial charge in [0.05, 0.1) is 17.9 Å². The van der Waals surface area contributed by atoms with Gasteiger partial charge >= 0.3 is 0 Å². The number of hydrogen-bond donors (Lipinski definition) is 1. The zero-order valence-electron chi connectivity index (χ0n) is 12.5. The molecule has 1 aromatic heterocycles. The molecule has 1 aromatic carbocycles. The number of hydrogen-bond acceptors (Lipinski definition) is 3. The van der Waals surface area contributed by atoms with Crippen LogP contribution in [0.4, 0.5) is 10.1 Å². The molecular weight excluding hydrogens is 283 g/mol. The second-order valence-corrected chi connectivity index (χ2v) is 4.91. The molecular formula is C17H19FN2O2. The number of nitrogens with zero attached hydrogens (tertiary/aromatic N) is 1. The van der Waals surface area contributed by atoms with Gasteiger partial charge in [-0.05, 0) is 42.8 Å². The molecule has 0 saturated heterocycles. The molecule has 1 heterocycles. The van der Waals surface area contributed by atoms with E-state index in [1.54, 1.807) is 12.1 Å². The summed E-state index contributed by atoms with van der Waals surface area (Å²) in [6, 6.07) is 9.08. The lowest BCUT2D eigenvalue weighted by atomic mass is 10.2. The van der Waals surface area contributed by atoms with Crippen LogP contribution in [0, 0.1) is 5.82 Å². The molecule has 22 heavy (non-hydrogen) atoms. The van der Waals surface area contributed by atoms with Gasteiger partial charge in [-0.3, -0.25) is 9.78 Å². The second-order valence-electron chi connectivity index (χ2n) is 4.91. The Morgan fingerprint density at radius 3 is 2.64 bits per heavy atom. The molecule has 2 rings (SSSR count). The molecule has 0 aliphatic carbocycles. The predicted molar refractivity (Wildman–Crippen MR) is 83.2 cm³/mol. The number of aromatic nitrogens is 1. The average molecular weight is 302 g/mol. The Morgan fingerprint density at radius 2 is 2.00 bits per heavy atom. The van der Waals surface area contributed by atoms with E-state index in [-0.39, 0.29) is 11.7 Å². The first-order valence-electron chi connectivity index (χ1n) is 7.28. The lowest BCUT2D eigenvalue weighted by molar-refractivity contribution is 0.102. The summed E-state index contributed by atoms with van der Waals surface area (Å²) in [7, 11) is 0. The van der Waals surface area contributed by atoms with E-state index in [1.807, 2.05) is 0 Å². The molecule has 0 saturated carbocycles. The molecule has 2 aromatic rings. The van der Waals surface area contributed by atoms with Crippen molar-refractivity contribution in [3.05, 3.63) is 59.7 Å². The number of pyridine rings is 1. The number of unbranched alkanes of at least 4 members (excludes halogenated alkanes) is 1. The molecule has 0 unspecified atom stereocenters. The van der Waals surface area contributed by atoms with Crippen molar-refractivity contribution < 1.29 is 13.9 Å². The number of ether oxygens (including phenoxy) is 1. The van der Waals surface area contributed by atoms with Crippen LogP contribution in [0.25, 0.3) is 0 Å². The highest BCUT2D eigenvalue weighted by molar-refractivity contribution is 6.04. The van der Waals surface area contributed by atoms with Crippen LogP contribution < -0.4 is 5.32 Å². The van der Waals surface area contributed by atoms with Gasteiger partial charge in [-0.15, -0.1) is 0 Å². The number of amides is 1. The smallest absolute Gasteiger partial charge is 0.257 e. The summed E-state index contributed by atoms with van der Waals surface area (Å²) >= 11 is 0. The first kappa shape index (κ1) is 16.1. The topological polar surface area (TPSA) is 51.2 Å². The van der Waals surface area contributed by atoms with Gasteiger partial charge < -0.3 is 10.1 Å². The molecule has 0 fully saturated rings. The monoisotopic (exact) mass is 302 g/mol. The fraction of sp³-hybridized carbons (Fsp3) is 0.294. The minimum Gasteiger partial charge on any atom is -0.375 e. The van der Waals surface area contributed by atoms with Gasteiger partial charge in [-0.2, -0.15) is 0 Å². The Kier molecular flexibility index (Phi) is 6.03. The summed E-state index contributed by atoms with van der Waals surface area (Å²) in [6.45, 7) is 3.26. The summed E-state index contributed by atoms with van der Waals surface area (Å²) in [6.07, 6.45) is 3.63. The fourth-order valence-electron chi connectivity index (χ4n) is 1.80. The van der Waals surface area contributed by atoms with E-state index in [0.29, 0.717) is 24.5 Å². The van der Waals surface area contributed by atoms with Crippen molar-refractivity contribution in [2.24, 2.45) is 0 Å². The normalized spacial score (nSPS) is 10.5. The molecule has 4 nitrogen and oxygen atoms in total. The number of anilines is 1. The van der Waals surface area contributed by atoms with E-state index in [9.17, 15) is 9.18 Å². The zero-order valence-corrected chi connectivity index (χ0v) is 12.5. The highest BCUT2D eigenvalue weighted by Gasteiger charge is 2.07. The van der Waals surface area contributed by atoms with Gasteiger partial charge in [-0.1, -0.05) is 13.3 Å². The van der Waals surface area contributed by atoms with Gasteiger partial charge in [0.2, 0.25) is 0 Å². The third-order valence-electron chi connectivity index (χ3n) is 3.08. The first-order valence-corrected chi connectivity index (χ1v) is 7.28. The largest absolute Gasteiger partial charge is 0.375 e. The Bertz CT molecular complexity index is 597. The quantitative estimate of drug-likeness (QED) is 0.792. The maximum atomic E-state index is 12.8. The van der Waals surface area contributed by atoms with Gasteiger partial charge in [0.25, 0.3) is 5.91 Å².